The minimum Gasteiger partial charge on any atom is -0.307 e. The van der Waals surface area contributed by atoms with Gasteiger partial charge in [-0.05, 0) is 31.2 Å². The highest BCUT2D eigenvalue weighted by atomic mass is 15.0. The van der Waals surface area contributed by atoms with E-state index in [0.29, 0.717) is 6.04 Å². The molecule has 1 aliphatic carbocycles. The fourth-order valence-electron chi connectivity index (χ4n) is 2.07. The normalized spacial score (nSPS) is 28.1. The van der Waals surface area contributed by atoms with E-state index < -0.39 is 0 Å². The summed E-state index contributed by atoms with van der Waals surface area (Å²) in [5.74, 6) is 0.862. The van der Waals surface area contributed by atoms with Crippen molar-refractivity contribution in [3.8, 4) is 0 Å². The van der Waals surface area contributed by atoms with Crippen LogP contribution in [0.5, 0.6) is 0 Å². The van der Waals surface area contributed by atoms with Gasteiger partial charge in [-0.3, -0.25) is 0 Å². The molecule has 0 bridgehead atoms. The van der Waals surface area contributed by atoms with Crippen molar-refractivity contribution < 1.29 is 0 Å². The molecule has 1 heteroatoms. The second kappa shape index (κ2) is 4.14. The van der Waals surface area contributed by atoms with Gasteiger partial charge in [-0.15, -0.1) is 0 Å². The lowest BCUT2D eigenvalue weighted by atomic mass is 9.80. The summed E-state index contributed by atoms with van der Waals surface area (Å²) >= 11 is 0. The van der Waals surface area contributed by atoms with Gasteiger partial charge in [0, 0.05) is 12.1 Å². The van der Waals surface area contributed by atoms with Crippen molar-refractivity contribution in [2.45, 2.75) is 38.8 Å². The van der Waals surface area contributed by atoms with E-state index in [0.717, 1.165) is 12.0 Å². The smallest absolute Gasteiger partial charge is 0.0294 e. The third-order valence-corrected chi connectivity index (χ3v) is 3.38. The van der Waals surface area contributed by atoms with Gasteiger partial charge >= 0.3 is 0 Å². The zero-order valence-electron chi connectivity index (χ0n) is 9.03. The van der Waals surface area contributed by atoms with Crippen molar-refractivity contribution in [3.05, 3.63) is 35.9 Å². The molecule has 14 heavy (non-hydrogen) atoms. The van der Waals surface area contributed by atoms with Gasteiger partial charge in [0.1, 0.15) is 0 Å². The number of rotatable bonds is 3. The minimum absolute atomic E-state index is 0.490. The van der Waals surface area contributed by atoms with Crippen LogP contribution in [-0.4, -0.2) is 6.04 Å². The molecule has 1 fully saturated rings. The van der Waals surface area contributed by atoms with Gasteiger partial charge in [0.2, 0.25) is 0 Å². The quantitative estimate of drug-likeness (QED) is 0.770. The molecule has 0 radical (unpaired) electrons. The SMILES string of the molecule is CC(NC1CCC1C)c1ccccc1. The molecule has 1 nitrogen and oxygen atoms in total. The molecule has 1 aromatic carbocycles. The molecule has 1 aliphatic rings. The lowest BCUT2D eigenvalue weighted by Crippen LogP contribution is -2.43. The van der Waals surface area contributed by atoms with Gasteiger partial charge in [0.15, 0.2) is 0 Å². The summed E-state index contributed by atoms with van der Waals surface area (Å²) in [6, 6.07) is 11.9. The zero-order chi connectivity index (χ0) is 9.97. The van der Waals surface area contributed by atoms with Crippen LogP contribution in [0.2, 0.25) is 0 Å². The molecule has 0 aromatic heterocycles. The van der Waals surface area contributed by atoms with Gasteiger partial charge in [0.25, 0.3) is 0 Å². The number of hydrogen-bond acceptors (Lipinski definition) is 1. The van der Waals surface area contributed by atoms with Crippen LogP contribution in [0, 0.1) is 5.92 Å². The predicted molar refractivity (Wildman–Crippen MR) is 60.2 cm³/mol. The van der Waals surface area contributed by atoms with Crippen molar-refractivity contribution in [3.63, 3.8) is 0 Å². The molecule has 2 rings (SSSR count). The highest BCUT2D eigenvalue weighted by molar-refractivity contribution is 5.18. The molecule has 1 N–H and O–H groups in total. The van der Waals surface area contributed by atoms with E-state index in [4.69, 9.17) is 0 Å². The van der Waals surface area contributed by atoms with Crippen LogP contribution in [0.4, 0.5) is 0 Å². The van der Waals surface area contributed by atoms with E-state index in [1.54, 1.807) is 0 Å². The lowest BCUT2D eigenvalue weighted by molar-refractivity contribution is 0.214. The molecule has 0 heterocycles. The lowest BCUT2D eigenvalue weighted by Gasteiger charge is -2.37. The maximum absolute atomic E-state index is 3.68. The monoisotopic (exact) mass is 189 g/mol. The first-order valence-corrected chi connectivity index (χ1v) is 5.58. The third kappa shape index (κ3) is 1.98. The number of hydrogen-bond donors (Lipinski definition) is 1. The third-order valence-electron chi connectivity index (χ3n) is 3.38. The molecule has 0 amide bonds. The molecule has 0 spiro atoms. The van der Waals surface area contributed by atoms with Gasteiger partial charge in [0.05, 0.1) is 0 Å². The summed E-state index contributed by atoms with van der Waals surface area (Å²) in [6.45, 7) is 4.58. The van der Waals surface area contributed by atoms with Gasteiger partial charge in [-0.1, -0.05) is 37.3 Å². The second-order valence-corrected chi connectivity index (χ2v) is 4.46. The van der Waals surface area contributed by atoms with Gasteiger partial charge in [-0.25, -0.2) is 0 Å². The predicted octanol–water partition coefficient (Wildman–Crippen LogP) is 3.14. The molecule has 1 aromatic rings. The Kier molecular flexibility index (Phi) is 2.87. The summed E-state index contributed by atoms with van der Waals surface area (Å²) in [7, 11) is 0. The Bertz CT molecular complexity index is 281. The first-order chi connectivity index (χ1) is 6.77. The topological polar surface area (TPSA) is 12.0 Å². The van der Waals surface area contributed by atoms with Crippen LogP contribution in [0.1, 0.15) is 38.3 Å². The Morgan fingerprint density at radius 1 is 1.21 bits per heavy atom. The maximum atomic E-state index is 3.68. The standard InChI is InChI=1S/C13H19N/c1-10-8-9-13(10)14-11(2)12-6-4-3-5-7-12/h3-7,10-11,13-14H,8-9H2,1-2H3. The average Bonchev–Trinajstić information content (AvgIpc) is 2.24. The van der Waals surface area contributed by atoms with E-state index >= 15 is 0 Å². The molecule has 3 unspecified atom stereocenters. The van der Waals surface area contributed by atoms with Crippen LogP contribution >= 0.6 is 0 Å². The molecular formula is C13H19N. The Labute approximate surface area is 86.5 Å². The summed E-state index contributed by atoms with van der Waals surface area (Å²) in [6.07, 6.45) is 2.73. The largest absolute Gasteiger partial charge is 0.307 e. The Morgan fingerprint density at radius 3 is 2.43 bits per heavy atom. The van der Waals surface area contributed by atoms with Crippen molar-refractivity contribution in [1.29, 1.82) is 0 Å². The van der Waals surface area contributed by atoms with Crippen molar-refractivity contribution in [2.75, 3.05) is 0 Å². The fourth-order valence-corrected chi connectivity index (χ4v) is 2.07. The van der Waals surface area contributed by atoms with E-state index in [1.165, 1.54) is 18.4 Å². The van der Waals surface area contributed by atoms with Gasteiger partial charge < -0.3 is 5.32 Å². The van der Waals surface area contributed by atoms with Crippen LogP contribution in [0.3, 0.4) is 0 Å². The van der Waals surface area contributed by atoms with Crippen molar-refractivity contribution >= 4 is 0 Å². The van der Waals surface area contributed by atoms with Crippen LogP contribution in [0.15, 0.2) is 30.3 Å². The molecule has 3 atom stereocenters. The second-order valence-electron chi connectivity index (χ2n) is 4.46. The summed E-state index contributed by atoms with van der Waals surface area (Å²) in [5, 5.41) is 3.68. The Balaban J connectivity index is 1.92. The van der Waals surface area contributed by atoms with Crippen molar-refractivity contribution in [2.24, 2.45) is 5.92 Å². The highest BCUT2D eigenvalue weighted by Crippen LogP contribution is 2.28. The molecule has 76 valence electrons. The summed E-state index contributed by atoms with van der Waals surface area (Å²) in [4.78, 5) is 0. The van der Waals surface area contributed by atoms with Crippen LogP contribution in [0.25, 0.3) is 0 Å². The first kappa shape index (κ1) is 9.72. The maximum Gasteiger partial charge on any atom is 0.0294 e. The highest BCUT2D eigenvalue weighted by Gasteiger charge is 2.27. The number of benzene rings is 1. The fraction of sp³-hybridized carbons (Fsp3) is 0.538. The van der Waals surface area contributed by atoms with E-state index in [2.05, 4.69) is 49.5 Å². The summed E-state index contributed by atoms with van der Waals surface area (Å²) in [5.41, 5.74) is 1.40. The summed E-state index contributed by atoms with van der Waals surface area (Å²) < 4.78 is 0. The minimum atomic E-state index is 0.490. The zero-order valence-corrected chi connectivity index (χ0v) is 9.03. The van der Waals surface area contributed by atoms with E-state index in [1.807, 2.05) is 0 Å². The van der Waals surface area contributed by atoms with Crippen LogP contribution < -0.4 is 5.32 Å². The van der Waals surface area contributed by atoms with E-state index in [-0.39, 0.29) is 0 Å². The first-order valence-electron chi connectivity index (χ1n) is 5.58. The molecule has 0 aliphatic heterocycles. The van der Waals surface area contributed by atoms with E-state index in [9.17, 15) is 0 Å². The average molecular weight is 189 g/mol. The number of nitrogens with one attached hydrogen (secondary N) is 1. The Morgan fingerprint density at radius 2 is 1.93 bits per heavy atom. The van der Waals surface area contributed by atoms with Crippen molar-refractivity contribution in [1.82, 2.24) is 5.32 Å². The van der Waals surface area contributed by atoms with Gasteiger partial charge in [-0.2, -0.15) is 0 Å². The van der Waals surface area contributed by atoms with Crippen LogP contribution in [-0.2, 0) is 0 Å². The Hall–Kier alpha value is -0.820. The molecule has 0 saturated heterocycles. The molecular weight excluding hydrogens is 170 g/mol. The molecule has 1 saturated carbocycles.